The highest BCUT2D eigenvalue weighted by Crippen LogP contribution is 2.21. The minimum Gasteiger partial charge on any atom is -0.339 e. The molecule has 1 unspecified atom stereocenters. The third-order valence-corrected chi connectivity index (χ3v) is 2.84. The van der Waals surface area contributed by atoms with Crippen molar-refractivity contribution in [3.8, 4) is 11.4 Å². The third-order valence-electron chi connectivity index (χ3n) is 2.15. The molecule has 0 fully saturated rings. The van der Waals surface area contributed by atoms with E-state index in [0.717, 1.165) is 12.1 Å². The number of nitrogens with zero attached hydrogens (tertiary/aromatic N) is 2. The number of halogens is 1. The van der Waals surface area contributed by atoms with Crippen LogP contribution in [0.3, 0.4) is 0 Å². The van der Waals surface area contributed by atoms with Gasteiger partial charge in [-0.15, -0.1) is 12.4 Å². The number of nitrogens with one attached hydrogen (secondary N) is 1. The van der Waals surface area contributed by atoms with Crippen molar-refractivity contribution in [1.82, 2.24) is 15.5 Å². The molecule has 2 aromatic rings. The van der Waals surface area contributed by atoms with Crippen molar-refractivity contribution >= 4 is 23.7 Å². The second kappa shape index (κ2) is 5.98. The minimum atomic E-state index is 0. The Morgan fingerprint density at radius 2 is 2.38 bits per heavy atom. The standard InChI is InChI=1S/C10H13N3OS.ClH/c1-7(5-11-2)10-12-9(13-14-10)8-3-4-15-6-8;/h3-4,6-7,11H,5H2,1-2H3;1H. The maximum Gasteiger partial charge on any atom is 0.231 e. The Morgan fingerprint density at radius 3 is 3.00 bits per heavy atom. The Kier molecular flexibility index (Phi) is 4.92. The molecule has 0 radical (unpaired) electrons. The molecule has 0 saturated heterocycles. The Hall–Kier alpha value is -0.910. The normalized spacial score (nSPS) is 12.1. The molecule has 6 heteroatoms. The first kappa shape index (κ1) is 13.2. The Morgan fingerprint density at radius 1 is 1.56 bits per heavy atom. The van der Waals surface area contributed by atoms with Crippen molar-refractivity contribution in [2.24, 2.45) is 0 Å². The molecule has 1 N–H and O–H groups in total. The molecule has 0 saturated carbocycles. The summed E-state index contributed by atoms with van der Waals surface area (Å²) in [6.07, 6.45) is 0. The van der Waals surface area contributed by atoms with Crippen LogP contribution in [-0.4, -0.2) is 23.7 Å². The highest BCUT2D eigenvalue weighted by molar-refractivity contribution is 7.08. The highest BCUT2D eigenvalue weighted by atomic mass is 35.5. The molecule has 0 aromatic carbocycles. The van der Waals surface area contributed by atoms with E-state index in [9.17, 15) is 0 Å². The van der Waals surface area contributed by atoms with E-state index in [1.165, 1.54) is 0 Å². The maximum absolute atomic E-state index is 5.21. The van der Waals surface area contributed by atoms with Crippen LogP contribution < -0.4 is 5.32 Å². The zero-order valence-electron chi connectivity index (χ0n) is 9.14. The van der Waals surface area contributed by atoms with E-state index in [1.807, 2.05) is 23.9 Å². The average Bonchev–Trinajstić information content (AvgIpc) is 2.89. The van der Waals surface area contributed by atoms with Gasteiger partial charge in [0, 0.05) is 23.4 Å². The van der Waals surface area contributed by atoms with Gasteiger partial charge in [-0.3, -0.25) is 0 Å². The quantitative estimate of drug-likeness (QED) is 0.917. The smallest absolute Gasteiger partial charge is 0.231 e. The molecule has 0 aliphatic rings. The summed E-state index contributed by atoms with van der Waals surface area (Å²) in [4.78, 5) is 4.36. The summed E-state index contributed by atoms with van der Waals surface area (Å²) in [5, 5.41) is 11.1. The summed E-state index contributed by atoms with van der Waals surface area (Å²) in [7, 11) is 1.91. The molecule has 2 aromatic heterocycles. The van der Waals surface area contributed by atoms with Gasteiger partial charge >= 0.3 is 0 Å². The Labute approximate surface area is 104 Å². The van der Waals surface area contributed by atoms with Gasteiger partial charge in [-0.25, -0.2) is 0 Å². The van der Waals surface area contributed by atoms with Crippen molar-refractivity contribution in [1.29, 1.82) is 0 Å². The van der Waals surface area contributed by atoms with E-state index >= 15 is 0 Å². The molecule has 0 spiro atoms. The SMILES string of the molecule is CNCC(C)c1nc(-c2ccsc2)no1.Cl. The third kappa shape index (κ3) is 2.81. The van der Waals surface area contributed by atoms with Gasteiger partial charge in [-0.2, -0.15) is 16.3 Å². The molecule has 16 heavy (non-hydrogen) atoms. The molecular formula is C10H14ClN3OS. The summed E-state index contributed by atoms with van der Waals surface area (Å²) in [6.45, 7) is 2.90. The van der Waals surface area contributed by atoms with Crippen molar-refractivity contribution in [3.05, 3.63) is 22.7 Å². The lowest BCUT2D eigenvalue weighted by Crippen LogP contribution is -2.14. The van der Waals surface area contributed by atoms with E-state index in [1.54, 1.807) is 11.3 Å². The first-order valence-electron chi connectivity index (χ1n) is 4.82. The molecule has 4 nitrogen and oxygen atoms in total. The number of rotatable bonds is 4. The van der Waals surface area contributed by atoms with Gasteiger partial charge in [0.1, 0.15) is 0 Å². The molecule has 2 rings (SSSR count). The van der Waals surface area contributed by atoms with E-state index in [2.05, 4.69) is 22.4 Å². The zero-order valence-corrected chi connectivity index (χ0v) is 10.8. The molecule has 0 aliphatic carbocycles. The van der Waals surface area contributed by atoms with Gasteiger partial charge in [0.15, 0.2) is 0 Å². The fourth-order valence-corrected chi connectivity index (χ4v) is 1.97. The van der Waals surface area contributed by atoms with Gasteiger partial charge in [-0.1, -0.05) is 12.1 Å². The average molecular weight is 260 g/mol. The van der Waals surface area contributed by atoms with Crippen LogP contribution in [0.25, 0.3) is 11.4 Å². The van der Waals surface area contributed by atoms with Gasteiger partial charge in [-0.05, 0) is 18.5 Å². The predicted octanol–water partition coefficient (Wildman–Crippen LogP) is 2.54. The van der Waals surface area contributed by atoms with Crippen LogP contribution in [0, 0.1) is 0 Å². The van der Waals surface area contributed by atoms with Crippen LogP contribution in [0.4, 0.5) is 0 Å². The van der Waals surface area contributed by atoms with Crippen LogP contribution in [0.2, 0.25) is 0 Å². The lowest BCUT2D eigenvalue weighted by atomic mass is 10.2. The topological polar surface area (TPSA) is 51.0 Å². The van der Waals surface area contributed by atoms with Crippen molar-refractivity contribution in [2.75, 3.05) is 13.6 Å². The van der Waals surface area contributed by atoms with Gasteiger partial charge in [0.05, 0.1) is 0 Å². The predicted molar refractivity (Wildman–Crippen MR) is 67.2 cm³/mol. The number of thiophene rings is 1. The van der Waals surface area contributed by atoms with Crippen LogP contribution >= 0.6 is 23.7 Å². The zero-order chi connectivity index (χ0) is 10.7. The fourth-order valence-electron chi connectivity index (χ4n) is 1.34. The first-order chi connectivity index (χ1) is 7.31. The monoisotopic (exact) mass is 259 g/mol. The van der Waals surface area contributed by atoms with Crippen LogP contribution in [0.1, 0.15) is 18.7 Å². The van der Waals surface area contributed by atoms with Crippen LogP contribution in [0.15, 0.2) is 21.3 Å². The minimum absolute atomic E-state index is 0. The molecule has 2 heterocycles. The fraction of sp³-hybridized carbons (Fsp3) is 0.400. The summed E-state index contributed by atoms with van der Waals surface area (Å²) in [5.74, 6) is 1.61. The van der Waals surface area contributed by atoms with Crippen molar-refractivity contribution < 1.29 is 4.52 Å². The maximum atomic E-state index is 5.21. The molecule has 1 atom stereocenters. The van der Waals surface area contributed by atoms with E-state index in [-0.39, 0.29) is 18.3 Å². The van der Waals surface area contributed by atoms with Crippen LogP contribution in [0.5, 0.6) is 0 Å². The van der Waals surface area contributed by atoms with Gasteiger partial charge in [0.2, 0.25) is 11.7 Å². The highest BCUT2D eigenvalue weighted by Gasteiger charge is 2.14. The molecule has 0 amide bonds. The Bertz CT molecular complexity index is 415. The van der Waals surface area contributed by atoms with E-state index in [4.69, 9.17) is 4.52 Å². The summed E-state index contributed by atoms with van der Waals surface area (Å²) in [5.41, 5.74) is 1.02. The number of hydrogen-bond acceptors (Lipinski definition) is 5. The van der Waals surface area contributed by atoms with Crippen molar-refractivity contribution in [2.45, 2.75) is 12.8 Å². The Balaban J connectivity index is 0.00000128. The number of hydrogen-bond donors (Lipinski definition) is 1. The van der Waals surface area contributed by atoms with E-state index < -0.39 is 0 Å². The second-order valence-electron chi connectivity index (χ2n) is 3.43. The summed E-state index contributed by atoms with van der Waals surface area (Å²) >= 11 is 1.63. The second-order valence-corrected chi connectivity index (χ2v) is 4.21. The molecule has 0 bridgehead atoms. The largest absolute Gasteiger partial charge is 0.339 e. The summed E-state index contributed by atoms with van der Waals surface area (Å²) in [6, 6.07) is 1.99. The van der Waals surface area contributed by atoms with Crippen LogP contribution in [-0.2, 0) is 0 Å². The lowest BCUT2D eigenvalue weighted by Gasteiger charge is -2.02. The van der Waals surface area contributed by atoms with Gasteiger partial charge < -0.3 is 9.84 Å². The number of likely N-dealkylation sites (N-methyl/N-ethyl adjacent to an activating group) is 1. The van der Waals surface area contributed by atoms with E-state index in [0.29, 0.717) is 11.7 Å². The first-order valence-corrected chi connectivity index (χ1v) is 5.76. The molecule has 88 valence electrons. The lowest BCUT2D eigenvalue weighted by molar-refractivity contribution is 0.357. The summed E-state index contributed by atoms with van der Waals surface area (Å²) < 4.78 is 5.21. The van der Waals surface area contributed by atoms with Crippen molar-refractivity contribution in [3.63, 3.8) is 0 Å². The van der Waals surface area contributed by atoms with Gasteiger partial charge in [0.25, 0.3) is 0 Å². The molecule has 0 aliphatic heterocycles. The molecular weight excluding hydrogens is 246 g/mol. The number of aromatic nitrogens is 2.